The molecule has 5 rings (SSSR count). The normalized spacial score (nSPS) is 11.7. The van der Waals surface area contributed by atoms with Crippen molar-refractivity contribution in [2.24, 2.45) is 0 Å². The lowest BCUT2D eigenvalue weighted by Gasteiger charge is -2.19. The summed E-state index contributed by atoms with van der Waals surface area (Å²) in [6, 6.07) is 22.0. The maximum atomic E-state index is 13.2. The zero-order chi connectivity index (χ0) is 26.8. The van der Waals surface area contributed by atoms with Crippen LogP contribution in [-0.4, -0.2) is 23.5 Å². The van der Waals surface area contributed by atoms with Crippen LogP contribution in [0.4, 0.5) is 0 Å². The Labute approximate surface area is 218 Å². The molecule has 0 saturated heterocycles. The molecular weight excluding hydrogens is 480 g/mol. The number of fused-ring (bicyclic) bond motifs is 2. The fraction of sp³-hybridized carbons (Fsp3) is 0. The quantitative estimate of drug-likeness (QED) is 0.204. The number of benzene rings is 4. The fourth-order valence-corrected chi connectivity index (χ4v) is 4.08. The van der Waals surface area contributed by atoms with E-state index in [0.29, 0.717) is 11.1 Å². The van der Waals surface area contributed by atoms with E-state index in [0.717, 1.165) is 11.1 Å². The second kappa shape index (κ2) is 9.95. The highest BCUT2D eigenvalue weighted by molar-refractivity contribution is 6.28. The lowest BCUT2D eigenvalue weighted by Crippen LogP contribution is -2.21. The van der Waals surface area contributed by atoms with E-state index < -0.39 is 23.5 Å². The zero-order valence-electron chi connectivity index (χ0n) is 20.1. The van der Waals surface area contributed by atoms with E-state index in [-0.39, 0.29) is 33.8 Å². The van der Waals surface area contributed by atoms with Crippen LogP contribution in [0.3, 0.4) is 0 Å². The Hall–Kier alpha value is -5.36. The topological polar surface area (TPSA) is 86.7 Å². The molecule has 0 N–H and O–H groups in total. The molecule has 4 aromatic rings. The average molecular weight is 501 g/mol. The first-order chi connectivity index (χ1) is 18.4. The lowest BCUT2D eigenvalue weighted by molar-refractivity contribution is 0.0724. The Morgan fingerprint density at radius 3 is 1.24 bits per heavy atom. The molecule has 1 aliphatic rings. The molecule has 0 fully saturated rings. The van der Waals surface area contributed by atoms with Gasteiger partial charge in [-0.25, -0.2) is 9.59 Å². The molecular formula is C32H20O6. The van der Waals surface area contributed by atoms with Crippen LogP contribution in [0.25, 0.3) is 12.2 Å². The SMILES string of the molecule is C=Cc1ccc(C(=O)Oc2ccc3c(c2)C(=O)c2ccc(OC(=O)c4ccc(C=C)cc4)cc2C3=O)cc1. The first-order valence-electron chi connectivity index (χ1n) is 11.6. The molecule has 0 saturated carbocycles. The summed E-state index contributed by atoms with van der Waals surface area (Å²) < 4.78 is 10.9. The monoisotopic (exact) mass is 500 g/mol. The van der Waals surface area contributed by atoms with Crippen LogP contribution < -0.4 is 9.47 Å². The summed E-state index contributed by atoms with van der Waals surface area (Å²) in [6.07, 6.45) is 3.32. The van der Waals surface area contributed by atoms with Gasteiger partial charge in [0.2, 0.25) is 0 Å². The molecule has 0 heterocycles. The largest absolute Gasteiger partial charge is 0.423 e. The summed E-state index contributed by atoms with van der Waals surface area (Å²) in [4.78, 5) is 51.5. The number of ketones is 2. The molecule has 4 aromatic carbocycles. The highest BCUT2D eigenvalue weighted by Crippen LogP contribution is 2.32. The Bertz CT molecular complexity index is 1520. The average Bonchev–Trinajstić information content (AvgIpc) is 2.96. The number of hydrogen-bond donors (Lipinski definition) is 0. The van der Waals surface area contributed by atoms with E-state index in [1.807, 2.05) is 0 Å². The van der Waals surface area contributed by atoms with Crippen LogP contribution in [0, 0.1) is 0 Å². The van der Waals surface area contributed by atoms with Crippen molar-refractivity contribution in [1.29, 1.82) is 0 Å². The highest BCUT2D eigenvalue weighted by Gasteiger charge is 2.31. The van der Waals surface area contributed by atoms with Crippen molar-refractivity contribution in [2.75, 3.05) is 0 Å². The maximum Gasteiger partial charge on any atom is 0.343 e. The van der Waals surface area contributed by atoms with Crippen molar-refractivity contribution in [3.63, 3.8) is 0 Å². The molecule has 0 aliphatic heterocycles. The van der Waals surface area contributed by atoms with Crippen LogP contribution in [0.1, 0.15) is 63.7 Å². The van der Waals surface area contributed by atoms with Crippen LogP contribution >= 0.6 is 0 Å². The number of ether oxygens (including phenoxy) is 2. The van der Waals surface area contributed by atoms with Crippen molar-refractivity contribution in [3.05, 3.63) is 143 Å². The van der Waals surface area contributed by atoms with Gasteiger partial charge in [0, 0.05) is 22.3 Å². The molecule has 0 spiro atoms. The van der Waals surface area contributed by atoms with Crippen LogP contribution in [0.15, 0.2) is 98.1 Å². The molecule has 0 radical (unpaired) electrons. The summed E-state index contributed by atoms with van der Waals surface area (Å²) >= 11 is 0. The number of hydrogen-bond acceptors (Lipinski definition) is 6. The van der Waals surface area contributed by atoms with E-state index in [9.17, 15) is 19.2 Å². The third-order valence-electron chi connectivity index (χ3n) is 6.15. The molecule has 6 heteroatoms. The van der Waals surface area contributed by atoms with Gasteiger partial charge in [0.25, 0.3) is 0 Å². The first-order valence-corrected chi connectivity index (χ1v) is 11.6. The van der Waals surface area contributed by atoms with Gasteiger partial charge in [0.15, 0.2) is 11.6 Å². The molecule has 0 bridgehead atoms. The Morgan fingerprint density at radius 2 is 0.895 bits per heavy atom. The molecule has 184 valence electrons. The van der Waals surface area contributed by atoms with Crippen molar-refractivity contribution < 1.29 is 28.7 Å². The highest BCUT2D eigenvalue weighted by atomic mass is 16.5. The van der Waals surface area contributed by atoms with Crippen molar-refractivity contribution in [2.45, 2.75) is 0 Å². The van der Waals surface area contributed by atoms with Crippen LogP contribution in [-0.2, 0) is 0 Å². The van der Waals surface area contributed by atoms with E-state index in [1.165, 1.54) is 36.4 Å². The summed E-state index contributed by atoms with van der Waals surface area (Å²) in [7, 11) is 0. The molecule has 6 nitrogen and oxygen atoms in total. The van der Waals surface area contributed by atoms with Gasteiger partial charge in [-0.05, 0) is 71.8 Å². The molecule has 38 heavy (non-hydrogen) atoms. The minimum atomic E-state index is -0.596. The van der Waals surface area contributed by atoms with Crippen LogP contribution in [0.2, 0.25) is 0 Å². The summed E-state index contributed by atoms with van der Waals surface area (Å²) in [5.74, 6) is -1.72. The maximum absolute atomic E-state index is 13.2. The molecule has 0 amide bonds. The van der Waals surface area contributed by atoms with Gasteiger partial charge in [0.05, 0.1) is 11.1 Å². The minimum absolute atomic E-state index is 0.127. The van der Waals surface area contributed by atoms with Gasteiger partial charge in [-0.2, -0.15) is 0 Å². The third-order valence-corrected chi connectivity index (χ3v) is 6.15. The van der Waals surface area contributed by atoms with E-state index >= 15 is 0 Å². The number of carbonyl (C=O) groups excluding carboxylic acids is 4. The van der Waals surface area contributed by atoms with E-state index in [1.54, 1.807) is 60.7 Å². The number of carbonyl (C=O) groups is 4. The van der Waals surface area contributed by atoms with Gasteiger partial charge in [-0.15, -0.1) is 0 Å². The molecule has 0 unspecified atom stereocenters. The Kier molecular flexibility index (Phi) is 6.37. The summed E-state index contributed by atoms with van der Waals surface area (Å²) in [5.41, 5.74) is 2.97. The minimum Gasteiger partial charge on any atom is -0.423 e. The van der Waals surface area contributed by atoms with E-state index in [4.69, 9.17) is 9.47 Å². The fourth-order valence-electron chi connectivity index (χ4n) is 4.08. The second-order valence-electron chi connectivity index (χ2n) is 8.50. The summed E-state index contributed by atoms with van der Waals surface area (Å²) in [6.45, 7) is 7.36. The van der Waals surface area contributed by atoms with Gasteiger partial charge in [-0.3, -0.25) is 9.59 Å². The van der Waals surface area contributed by atoms with Crippen molar-refractivity contribution in [1.82, 2.24) is 0 Å². The summed E-state index contributed by atoms with van der Waals surface area (Å²) in [5, 5.41) is 0. The van der Waals surface area contributed by atoms with Gasteiger partial charge in [0.1, 0.15) is 11.5 Å². The first kappa shape index (κ1) is 24.3. The standard InChI is InChI=1S/C32H20O6/c1-3-19-5-9-21(10-6-19)31(35)37-23-13-15-25-27(17-23)29(33)26-16-14-24(18-28(26)30(25)34)38-32(36)22-11-7-20(4-2)8-12-22/h3-18H,1-2H2. The number of rotatable bonds is 6. The van der Waals surface area contributed by atoms with Gasteiger partial charge < -0.3 is 9.47 Å². The number of esters is 2. The van der Waals surface area contributed by atoms with Gasteiger partial charge in [-0.1, -0.05) is 49.6 Å². The van der Waals surface area contributed by atoms with Gasteiger partial charge >= 0.3 is 11.9 Å². The molecule has 1 aliphatic carbocycles. The molecule has 0 atom stereocenters. The van der Waals surface area contributed by atoms with Crippen LogP contribution in [0.5, 0.6) is 11.5 Å². The Morgan fingerprint density at radius 1 is 0.526 bits per heavy atom. The third kappa shape index (κ3) is 4.58. The van der Waals surface area contributed by atoms with Crippen molar-refractivity contribution in [3.8, 4) is 11.5 Å². The second-order valence-corrected chi connectivity index (χ2v) is 8.50. The predicted octanol–water partition coefficient (Wildman–Crippen LogP) is 6.19. The lowest BCUT2D eigenvalue weighted by atomic mass is 9.84. The van der Waals surface area contributed by atoms with E-state index in [2.05, 4.69) is 13.2 Å². The smallest absolute Gasteiger partial charge is 0.343 e. The predicted molar refractivity (Wildman–Crippen MR) is 143 cm³/mol. The molecule has 0 aromatic heterocycles. The zero-order valence-corrected chi connectivity index (χ0v) is 20.1. The van der Waals surface area contributed by atoms with Crippen molar-refractivity contribution >= 4 is 35.7 Å². The Balaban J connectivity index is 1.36.